The number of sulfonamides is 1. The van der Waals surface area contributed by atoms with E-state index in [0.29, 0.717) is 58.8 Å². The predicted molar refractivity (Wildman–Crippen MR) is 146 cm³/mol. The number of H-pyrrole nitrogens is 1. The topological polar surface area (TPSA) is 106 Å². The van der Waals surface area contributed by atoms with E-state index >= 15 is 0 Å². The molecular weight excluding hydrogens is 504 g/mol. The fourth-order valence-electron chi connectivity index (χ4n) is 5.92. The van der Waals surface area contributed by atoms with Gasteiger partial charge >= 0.3 is 0 Å². The van der Waals surface area contributed by atoms with Crippen molar-refractivity contribution in [2.45, 2.75) is 42.7 Å². The first kappa shape index (κ1) is 25.4. The monoisotopic (exact) mass is 538 g/mol. The molecule has 3 saturated heterocycles. The molecule has 3 aliphatic rings. The van der Waals surface area contributed by atoms with Crippen molar-refractivity contribution in [1.82, 2.24) is 14.2 Å². The summed E-state index contributed by atoms with van der Waals surface area (Å²) in [5.41, 5.74) is 3.44. The van der Waals surface area contributed by atoms with Gasteiger partial charge in [-0.3, -0.25) is 4.79 Å². The summed E-state index contributed by atoms with van der Waals surface area (Å²) in [6.07, 6.45) is 2.34. The number of ether oxygens (including phenoxy) is 1. The average molecular weight is 539 g/mol. The first-order valence-electron chi connectivity index (χ1n) is 13.5. The van der Waals surface area contributed by atoms with Gasteiger partial charge in [-0.05, 0) is 49.6 Å². The molecule has 6 rings (SSSR count). The summed E-state index contributed by atoms with van der Waals surface area (Å²) in [6, 6.07) is 14.5. The predicted octanol–water partition coefficient (Wildman–Crippen LogP) is 2.81. The minimum absolute atomic E-state index is 0.130. The van der Waals surface area contributed by atoms with Crippen molar-refractivity contribution >= 4 is 32.5 Å². The molecule has 1 amide bonds. The van der Waals surface area contributed by atoms with Crippen molar-refractivity contribution in [2.24, 2.45) is 0 Å². The number of aromatic nitrogens is 1. The van der Waals surface area contributed by atoms with E-state index in [1.165, 1.54) is 4.31 Å². The van der Waals surface area contributed by atoms with Crippen LogP contribution < -0.4 is 4.90 Å². The van der Waals surface area contributed by atoms with Crippen LogP contribution in [0.4, 0.5) is 5.69 Å². The van der Waals surface area contributed by atoms with Gasteiger partial charge in [0.15, 0.2) is 0 Å². The van der Waals surface area contributed by atoms with Gasteiger partial charge in [0.05, 0.1) is 24.2 Å². The number of aliphatic hydroxyl groups is 1. The van der Waals surface area contributed by atoms with Crippen molar-refractivity contribution in [3.8, 4) is 11.3 Å². The molecule has 0 spiro atoms. The Morgan fingerprint density at radius 1 is 0.974 bits per heavy atom. The summed E-state index contributed by atoms with van der Waals surface area (Å²) in [6.45, 7) is 3.46. The molecule has 2 N–H and O–H groups in total. The number of carbonyl (C=O) groups is 1. The number of aromatic amines is 1. The number of hydrogen-bond donors (Lipinski definition) is 2. The number of amides is 1. The minimum Gasteiger partial charge on any atom is -0.391 e. The number of para-hydroxylation sites is 1. The van der Waals surface area contributed by atoms with Crippen LogP contribution >= 0.6 is 0 Å². The van der Waals surface area contributed by atoms with Crippen LogP contribution in [0, 0.1) is 0 Å². The maximum Gasteiger partial charge on any atom is 0.243 e. The number of aliphatic hydroxyl groups excluding tert-OH is 1. The highest BCUT2D eigenvalue weighted by Gasteiger charge is 2.40. The van der Waals surface area contributed by atoms with Crippen LogP contribution in [0.15, 0.2) is 53.4 Å². The fraction of sp³-hybridized carbons (Fsp3) is 0.464. The van der Waals surface area contributed by atoms with Gasteiger partial charge in [-0.25, -0.2) is 8.42 Å². The molecule has 2 aromatic carbocycles. The van der Waals surface area contributed by atoms with Gasteiger partial charge in [0.25, 0.3) is 0 Å². The van der Waals surface area contributed by atoms with E-state index in [9.17, 15) is 18.3 Å². The first-order chi connectivity index (χ1) is 18.4. The lowest BCUT2D eigenvalue weighted by Crippen LogP contribution is -2.54. The highest BCUT2D eigenvalue weighted by Crippen LogP contribution is 2.37. The SMILES string of the molecule is O=C([C@@H]1CCCCN1S(=O)(=O)c1ccc(N2CC[C@H](O)C2)c(-c2cc3ccccc3[nH]2)c1)N1CCOCC1. The average Bonchev–Trinajstić information content (AvgIpc) is 3.59. The maximum absolute atomic E-state index is 14.1. The van der Waals surface area contributed by atoms with Crippen LogP contribution in [0.2, 0.25) is 0 Å². The van der Waals surface area contributed by atoms with E-state index in [4.69, 9.17) is 4.74 Å². The zero-order chi connectivity index (χ0) is 26.3. The van der Waals surface area contributed by atoms with E-state index in [1.54, 1.807) is 17.0 Å². The lowest BCUT2D eigenvalue weighted by molar-refractivity contribution is -0.140. The van der Waals surface area contributed by atoms with Crippen LogP contribution in [0.3, 0.4) is 0 Å². The lowest BCUT2D eigenvalue weighted by Gasteiger charge is -2.38. The molecule has 3 aliphatic heterocycles. The molecule has 0 aliphatic carbocycles. The summed E-state index contributed by atoms with van der Waals surface area (Å²) in [4.78, 5) is 20.9. The summed E-state index contributed by atoms with van der Waals surface area (Å²) in [7, 11) is -3.93. The highest BCUT2D eigenvalue weighted by atomic mass is 32.2. The quantitative estimate of drug-likeness (QED) is 0.518. The molecule has 0 saturated carbocycles. The molecule has 3 aromatic rings. The van der Waals surface area contributed by atoms with Crippen molar-refractivity contribution in [2.75, 3.05) is 50.8 Å². The Morgan fingerprint density at radius 2 is 1.79 bits per heavy atom. The van der Waals surface area contributed by atoms with Crippen LogP contribution in [-0.4, -0.2) is 91.7 Å². The van der Waals surface area contributed by atoms with Gasteiger partial charge in [0, 0.05) is 60.6 Å². The smallest absolute Gasteiger partial charge is 0.243 e. The summed E-state index contributed by atoms with van der Waals surface area (Å²) in [5, 5.41) is 11.2. The zero-order valence-electron chi connectivity index (χ0n) is 21.4. The third kappa shape index (κ3) is 4.70. The number of rotatable bonds is 5. The number of β-amino-alcohol motifs (C(OH)–C–C–N with tert-alkyl or cyclic N) is 1. The molecule has 3 fully saturated rings. The number of piperidine rings is 1. The molecule has 1 aromatic heterocycles. The third-order valence-electron chi connectivity index (χ3n) is 7.96. The molecule has 38 heavy (non-hydrogen) atoms. The van der Waals surface area contributed by atoms with Crippen molar-refractivity contribution in [3.63, 3.8) is 0 Å². The van der Waals surface area contributed by atoms with Gasteiger partial charge in [0.2, 0.25) is 15.9 Å². The number of anilines is 1. The zero-order valence-corrected chi connectivity index (χ0v) is 22.2. The van der Waals surface area contributed by atoms with Gasteiger partial charge in [-0.15, -0.1) is 0 Å². The Kier molecular flexibility index (Phi) is 6.90. The van der Waals surface area contributed by atoms with E-state index in [-0.39, 0.29) is 10.8 Å². The maximum atomic E-state index is 14.1. The summed E-state index contributed by atoms with van der Waals surface area (Å²) in [5.74, 6) is -0.130. The molecule has 4 heterocycles. The van der Waals surface area contributed by atoms with Crippen LogP contribution in [0.25, 0.3) is 22.2 Å². The van der Waals surface area contributed by atoms with Crippen molar-refractivity contribution in [1.29, 1.82) is 0 Å². The Morgan fingerprint density at radius 3 is 2.55 bits per heavy atom. The van der Waals surface area contributed by atoms with Crippen molar-refractivity contribution in [3.05, 3.63) is 48.5 Å². The number of hydrogen-bond acceptors (Lipinski definition) is 6. The van der Waals surface area contributed by atoms with Gasteiger partial charge < -0.3 is 24.6 Å². The van der Waals surface area contributed by atoms with Gasteiger partial charge in [0.1, 0.15) is 6.04 Å². The second kappa shape index (κ2) is 10.3. The number of carbonyl (C=O) groups excluding carboxylic acids is 1. The van der Waals surface area contributed by atoms with Crippen LogP contribution in [0.1, 0.15) is 25.7 Å². The number of morpholine rings is 1. The normalized spacial score (nSPS) is 23.3. The number of fused-ring (bicyclic) bond motifs is 1. The van der Waals surface area contributed by atoms with E-state index in [2.05, 4.69) is 9.88 Å². The molecule has 0 unspecified atom stereocenters. The molecule has 202 valence electrons. The van der Waals surface area contributed by atoms with E-state index in [0.717, 1.165) is 40.7 Å². The van der Waals surface area contributed by atoms with Crippen LogP contribution in [-0.2, 0) is 19.6 Å². The molecule has 0 radical (unpaired) electrons. The highest BCUT2D eigenvalue weighted by molar-refractivity contribution is 7.89. The van der Waals surface area contributed by atoms with E-state index in [1.807, 2.05) is 36.4 Å². The molecule has 0 bridgehead atoms. The Labute approximate surface area is 223 Å². The Balaban J connectivity index is 1.39. The van der Waals surface area contributed by atoms with Crippen LogP contribution in [0.5, 0.6) is 0 Å². The fourth-order valence-corrected chi connectivity index (χ4v) is 7.59. The molecular formula is C28H34N4O5S. The number of benzene rings is 2. The summed E-state index contributed by atoms with van der Waals surface area (Å²) >= 11 is 0. The van der Waals surface area contributed by atoms with Gasteiger partial charge in [-0.2, -0.15) is 4.31 Å². The Bertz CT molecular complexity index is 1400. The number of nitrogens with zero attached hydrogens (tertiary/aromatic N) is 3. The molecule has 9 nitrogen and oxygen atoms in total. The third-order valence-corrected chi connectivity index (χ3v) is 9.86. The first-order valence-corrected chi connectivity index (χ1v) is 14.9. The van der Waals surface area contributed by atoms with E-state index < -0.39 is 22.2 Å². The molecule has 2 atom stereocenters. The second-order valence-corrected chi connectivity index (χ2v) is 12.3. The minimum atomic E-state index is -3.93. The van der Waals surface area contributed by atoms with Crippen molar-refractivity contribution < 1.29 is 23.1 Å². The second-order valence-electron chi connectivity index (χ2n) is 10.4. The number of nitrogens with one attached hydrogen (secondary N) is 1. The summed E-state index contributed by atoms with van der Waals surface area (Å²) < 4.78 is 35.0. The lowest BCUT2D eigenvalue weighted by atomic mass is 10.0. The largest absolute Gasteiger partial charge is 0.391 e. The standard InChI is InChI=1S/C28H34N4O5S/c33-21-10-12-31(19-21)26-9-8-22(18-23(26)25-17-20-5-1-2-6-24(20)29-25)38(35,36)32-11-4-3-7-27(32)28(34)30-13-15-37-16-14-30/h1-2,5-6,8-9,17-18,21,27,29,33H,3-4,7,10-16,19H2/t21-,27-/m0/s1. The Hall–Kier alpha value is -2.92. The molecule has 10 heteroatoms. The van der Waals surface area contributed by atoms with Gasteiger partial charge in [-0.1, -0.05) is 24.6 Å².